The Morgan fingerprint density at radius 1 is 1.58 bits per heavy atom. The average molecular weight is 226 g/mol. The highest BCUT2D eigenvalue weighted by molar-refractivity contribution is 9.10. The van der Waals surface area contributed by atoms with Gasteiger partial charge in [0.15, 0.2) is 0 Å². The smallest absolute Gasteiger partial charge is 0.120 e. The van der Waals surface area contributed by atoms with Crippen molar-refractivity contribution < 1.29 is 4.74 Å². The van der Waals surface area contributed by atoms with Gasteiger partial charge in [0.05, 0.1) is 12.2 Å². The van der Waals surface area contributed by atoms with E-state index in [1.54, 1.807) is 18.2 Å². The molecule has 0 saturated carbocycles. The van der Waals surface area contributed by atoms with Gasteiger partial charge in [0.25, 0.3) is 0 Å². The molecule has 0 aliphatic rings. The minimum atomic E-state index is 0.624. The summed E-state index contributed by atoms with van der Waals surface area (Å²) in [5, 5.41) is 8.62. The maximum Gasteiger partial charge on any atom is 0.120 e. The molecule has 3 heteroatoms. The van der Waals surface area contributed by atoms with Crippen molar-refractivity contribution in [2.24, 2.45) is 0 Å². The van der Waals surface area contributed by atoms with Crippen LogP contribution in [0, 0.1) is 11.3 Å². The third kappa shape index (κ3) is 1.99. The first kappa shape index (κ1) is 9.08. The van der Waals surface area contributed by atoms with Gasteiger partial charge in [-0.15, -0.1) is 0 Å². The highest BCUT2D eigenvalue weighted by Crippen LogP contribution is 2.22. The van der Waals surface area contributed by atoms with Crippen molar-refractivity contribution in [1.29, 1.82) is 5.26 Å². The second-order valence-corrected chi connectivity index (χ2v) is 3.04. The topological polar surface area (TPSA) is 33.0 Å². The Labute approximate surface area is 79.9 Å². The van der Waals surface area contributed by atoms with Gasteiger partial charge >= 0.3 is 0 Å². The Morgan fingerprint density at radius 3 is 2.83 bits per heavy atom. The van der Waals surface area contributed by atoms with Crippen LogP contribution in [0.25, 0.3) is 0 Å². The van der Waals surface area contributed by atoms with Gasteiger partial charge in [-0.05, 0) is 41.1 Å². The molecule has 0 unspecified atom stereocenters. The Morgan fingerprint density at radius 2 is 2.33 bits per heavy atom. The molecule has 0 aromatic heterocycles. The third-order valence-corrected chi connectivity index (χ3v) is 2.03. The van der Waals surface area contributed by atoms with Crippen molar-refractivity contribution in [3.63, 3.8) is 0 Å². The zero-order valence-electron chi connectivity index (χ0n) is 6.67. The Hall–Kier alpha value is -1.01. The lowest BCUT2D eigenvalue weighted by molar-refractivity contribution is 0.340. The number of ether oxygens (including phenoxy) is 1. The number of rotatable bonds is 2. The fraction of sp³-hybridized carbons (Fsp3) is 0.222. The molecule has 12 heavy (non-hydrogen) atoms. The summed E-state index contributed by atoms with van der Waals surface area (Å²) < 4.78 is 6.02. The first-order valence-corrected chi connectivity index (χ1v) is 4.39. The third-order valence-electron chi connectivity index (χ3n) is 1.37. The van der Waals surface area contributed by atoms with Gasteiger partial charge in [0.1, 0.15) is 11.8 Å². The lowest BCUT2D eigenvalue weighted by atomic mass is 10.2. The predicted molar refractivity (Wildman–Crippen MR) is 50.0 cm³/mol. The minimum Gasteiger partial charge on any atom is -0.494 e. The highest BCUT2D eigenvalue weighted by atomic mass is 79.9. The van der Waals surface area contributed by atoms with Crippen LogP contribution in [0.2, 0.25) is 0 Å². The van der Waals surface area contributed by atoms with E-state index in [-0.39, 0.29) is 0 Å². The highest BCUT2D eigenvalue weighted by Gasteiger charge is 1.99. The number of hydrogen-bond acceptors (Lipinski definition) is 2. The molecule has 62 valence electrons. The fourth-order valence-corrected chi connectivity index (χ4v) is 1.29. The van der Waals surface area contributed by atoms with Crippen LogP contribution in [0.15, 0.2) is 22.7 Å². The van der Waals surface area contributed by atoms with Crippen molar-refractivity contribution in [1.82, 2.24) is 0 Å². The van der Waals surface area contributed by atoms with E-state index < -0.39 is 0 Å². The van der Waals surface area contributed by atoms with E-state index in [4.69, 9.17) is 10.00 Å². The second-order valence-electron chi connectivity index (χ2n) is 2.19. The van der Waals surface area contributed by atoms with Gasteiger partial charge in [0.2, 0.25) is 0 Å². The second kappa shape index (κ2) is 4.13. The zero-order valence-corrected chi connectivity index (χ0v) is 8.26. The largest absolute Gasteiger partial charge is 0.494 e. The van der Waals surface area contributed by atoms with Gasteiger partial charge in [-0.25, -0.2) is 0 Å². The molecule has 0 fully saturated rings. The number of benzene rings is 1. The van der Waals surface area contributed by atoms with Crippen LogP contribution in [-0.2, 0) is 0 Å². The van der Waals surface area contributed by atoms with Gasteiger partial charge < -0.3 is 4.74 Å². The summed E-state index contributed by atoms with van der Waals surface area (Å²) in [6.07, 6.45) is 0. The Balaban J connectivity index is 2.96. The molecule has 0 heterocycles. The first-order chi connectivity index (χ1) is 5.77. The lowest BCUT2D eigenvalue weighted by Crippen LogP contribution is -1.91. The van der Waals surface area contributed by atoms with E-state index in [9.17, 15) is 0 Å². The summed E-state index contributed by atoms with van der Waals surface area (Å²) in [6.45, 7) is 2.56. The number of halogens is 1. The predicted octanol–water partition coefficient (Wildman–Crippen LogP) is 2.72. The maximum absolute atomic E-state index is 8.62. The molecule has 0 aliphatic heterocycles. The lowest BCUT2D eigenvalue weighted by Gasteiger charge is -2.02. The van der Waals surface area contributed by atoms with Crippen molar-refractivity contribution >= 4 is 15.9 Å². The van der Waals surface area contributed by atoms with Gasteiger partial charge in [-0.2, -0.15) is 5.26 Å². The molecule has 1 rings (SSSR count). The Kier molecular flexibility index (Phi) is 3.12. The molecular formula is C9H8BrNO. The molecule has 1 aromatic rings. The Bertz CT molecular complexity index is 317. The summed E-state index contributed by atoms with van der Waals surface area (Å²) in [6, 6.07) is 7.37. The summed E-state index contributed by atoms with van der Waals surface area (Å²) >= 11 is 3.27. The maximum atomic E-state index is 8.62. The van der Waals surface area contributed by atoms with Crippen LogP contribution in [-0.4, -0.2) is 6.61 Å². The van der Waals surface area contributed by atoms with Crippen LogP contribution < -0.4 is 4.74 Å². The quantitative estimate of drug-likeness (QED) is 0.776. The van der Waals surface area contributed by atoms with Gasteiger partial charge in [-0.3, -0.25) is 0 Å². The minimum absolute atomic E-state index is 0.624. The number of nitriles is 1. The molecule has 1 aromatic carbocycles. The van der Waals surface area contributed by atoms with E-state index in [0.717, 1.165) is 10.2 Å². The molecule has 0 atom stereocenters. The molecule has 0 N–H and O–H groups in total. The van der Waals surface area contributed by atoms with E-state index >= 15 is 0 Å². The summed E-state index contributed by atoms with van der Waals surface area (Å²) in [7, 11) is 0. The fourth-order valence-electron chi connectivity index (χ4n) is 0.843. The van der Waals surface area contributed by atoms with E-state index in [1.165, 1.54) is 0 Å². The average Bonchev–Trinajstić information content (AvgIpc) is 2.05. The molecule has 0 spiro atoms. The van der Waals surface area contributed by atoms with Crippen LogP contribution >= 0.6 is 15.9 Å². The summed E-state index contributed by atoms with van der Waals surface area (Å²) in [4.78, 5) is 0. The summed E-state index contributed by atoms with van der Waals surface area (Å²) in [5.41, 5.74) is 0.624. The SMILES string of the molecule is CCOc1ccc(C#N)c(Br)c1. The van der Waals surface area contributed by atoms with Crippen molar-refractivity contribution in [2.45, 2.75) is 6.92 Å². The molecule has 0 bridgehead atoms. The van der Waals surface area contributed by atoms with Crippen LogP contribution in [0.1, 0.15) is 12.5 Å². The monoisotopic (exact) mass is 225 g/mol. The normalized spacial score (nSPS) is 9.08. The van der Waals surface area contributed by atoms with Crippen molar-refractivity contribution in [3.05, 3.63) is 28.2 Å². The van der Waals surface area contributed by atoms with Gasteiger partial charge in [-0.1, -0.05) is 0 Å². The molecular weight excluding hydrogens is 218 g/mol. The first-order valence-electron chi connectivity index (χ1n) is 3.60. The van der Waals surface area contributed by atoms with Crippen LogP contribution in [0.3, 0.4) is 0 Å². The number of hydrogen-bond donors (Lipinski definition) is 0. The van der Waals surface area contributed by atoms with Crippen LogP contribution in [0.5, 0.6) is 5.75 Å². The van der Waals surface area contributed by atoms with E-state index in [0.29, 0.717) is 12.2 Å². The molecule has 0 aliphatic carbocycles. The molecule has 0 radical (unpaired) electrons. The summed E-state index contributed by atoms with van der Waals surface area (Å²) in [5.74, 6) is 0.781. The molecule has 2 nitrogen and oxygen atoms in total. The molecule has 0 amide bonds. The molecule has 0 saturated heterocycles. The standard InChI is InChI=1S/C9H8BrNO/c1-2-12-8-4-3-7(6-11)9(10)5-8/h3-5H,2H2,1H3. The van der Waals surface area contributed by atoms with Crippen molar-refractivity contribution in [3.8, 4) is 11.8 Å². The van der Waals surface area contributed by atoms with Gasteiger partial charge in [0, 0.05) is 4.47 Å². The number of nitrogens with zero attached hydrogens (tertiary/aromatic N) is 1. The van der Waals surface area contributed by atoms with E-state index in [2.05, 4.69) is 22.0 Å². The zero-order chi connectivity index (χ0) is 8.97. The van der Waals surface area contributed by atoms with E-state index in [1.807, 2.05) is 6.92 Å². The van der Waals surface area contributed by atoms with Crippen LogP contribution in [0.4, 0.5) is 0 Å². The van der Waals surface area contributed by atoms with Crippen molar-refractivity contribution in [2.75, 3.05) is 6.61 Å².